The van der Waals surface area contributed by atoms with Crippen molar-refractivity contribution in [3.05, 3.63) is 43.8 Å². The van der Waals surface area contributed by atoms with Crippen molar-refractivity contribution in [1.29, 1.82) is 0 Å². The Kier molecular flexibility index (Phi) is 8.14. The summed E-state index contributed by atoms with van der Waals surface area (Å²) in [5, 5.41) is 9.24. The highest BCUT2D eigenvalue weighted by Crippen LogP contribution is 2.52. The van der Waals surface area contributed by atoms with Gasteiger partial charge in [0.1, 0.15) is 0 Å². The van der Waals surface area contributed by atoms with Crippen LogP contribution in [0, 0.1) is 0 Å². The molecule has 0 spiro atoms. The van der Waals surface area contributed by atoms with Gasteiger partial charge in [0.25, 0.3) is 0 Å². The van der Waals surface area contributed by atoms with E-state index in [1.807, 2.05) is 0 Å². The quantitative estimate of drug-likeness (QED) is 0.136. The minimum absolute atomic E-state index is 1.21. The van der Waals surface area contributed by atoms with E-state index in [4.69, 9.17) is 0 Å². The lowest BCUT2D eigenvalue weighted by atomic mass is 10.00. The summed E-state index contributed by atoms with van der Waals surface area (Å²) in [6, 6.07) is 10.3. The SMILES string of the molecule is CCCCc1cc2c3cc(CCCC)sc3c3c4sc(CCCC)cc4c4cc(CCCC)sc4c3c2s1. The first-order chi connectivity index (χ1) is 18.7. The minimum Gasteiger partial charge on any atom is -0.140 e. The summed E-state index contributed by atoms with van der Waals surface area (Å²) in [7, 11) is 0. The fourth-order valence-electron chi connectivity index (χ4n) is 5.87. The predicted molar refractivity (Wildman–Crippen MR) is 180 cm³/mol. The van der Waals surface area contributed by atoms with Crippen molar-refractivity contribution in [3.63, 3.8) is 0 Å². The number of fused-ring (bicyclic) bond motifs is 11. The summed E-state index contributed by atoms with van der Waals surface area (Å²) in [6.45, 7) is 9.26. The van der Waals surface area contributed by atoms with E-state index in [-0.39, 0.29) is 0 Å². The molecule has 4 heterocycles. The molecule has 38 heavy (non-hydrogen) atoms. The summed E-state index contributed by atoms with van der Waals surface area (Å²) < 4.78 is 6.21. The summed E-state index contributed by atoms with van der Waals surface area (Å²) in [6.07, 6.45) is 15.0. The lowest BCUT2D eigenvalue weighted by molar-refractivity contribution is 0.804. The third-order valence-corrected chi connectivity index (χ3v) is 12.8. The van der Waals surface area contributed by atoms with Crippen LogP contribution in [-0.2, 0) is 25.7 Å². The Bertz CT molecular complexity index is 1470. The van der Waals surface area contributed by atoms with Gasteiger partial charge in [-0.05, 0) is 75.6 Å². The molecule has 0 aliphatic rings. The molecule has 0 saturated carbocycles. The van der Waals surface area contributed by atoms with Crippen LogP contribution in [-0.4, -0.2) is 0 Å². The number of hydrogen-bond donors (Lipinski definition) is 0. The fourth-order valence-corrected chi connectivity index (χ4v) is 11.1. The molecule has 6 aromatic rings. The van der Waals surface area contributed by atoms with Crippen LogP contribution in [0.25, 0.3) is 51.1 Å². The van der Waals surface area contributed by atoms with E-state index < -0.39 is 0 Å². The molecule has 0 nitrogen and oxygen atoms in total. The smallest absolute Gasteiger partial charge is 0.0446 e. The van der Waals surface area contributed by atoms with Crippen LogP contribution in [0.15, 0.2) is 24.3 Å². The molecule has 0 fully saturated rings. The van der Waals surface area contributed by atoms with Gasteiger partial charge < -0.3 is 0 Å². The lowest BCUT2D eigenvalue weighted by Crippen LogP contribution is -1.78. The van der Waals surface area contributed by atoms with Gasteiger partial charge in [-0.2, -0.15) is 0 Å². The summed E-state index contributed by atoms with van der Waals surface area (Å²) in [5.74, 6) is 0. The number of unbranched alkanes of at least 4 members (excludes halogenated alkanes) is 4. The van der Waals surface area contributed by atoms with Crippen molar-refractivity contribution >= 4 is 96.5 Å². The molecule has 4 aromatic heterocycles. The van der Waals surface area contributed by atoms with Crippen molar-refractivity contribution in [3.8, 4) is 0 Å². The second-order valence-corrected chi connectivity index (χ2v) is 15.5. The first kappa shape index (κ1) is 26.7. The molecule has 0 atom stereocenters. The number of thiophene rings is 4. The minimum atomic E-state index is 1.21. The molecule has 0 aliphatic heterocycles. The second kappa shape index (κ2) is 11.6. The van der Waals surface area contributed by atoms with Gasteiger partial charge in [-0.25, -0.2) is 0 Å². The standard InChI is InChI=1S/C34H40S4/c1-5-9-13-21-17-25-26-18-22(14-10-6-2)36-32(26)30-29(31(25)35-21)33-27(19-23(37-33)15-11-7-3)28-20-24(16-12-8-4)38-34(28)30/h17-20H,5-16H2,1-4H3. The zero-order chi connectivity index (χ0) is 26.2. The molecular formula is C34H40S4. The Morgan fingerprint density at radius 3 is 0.842 bits per heavy atom. The first-order valence-corrected chi connectivity index (χ1v) is 18.2. The highest BCUT2D eigenvalue weighted by molar-refractivity contribution is 7.27. The molecule has 0 saturated heterocycles. The molecule has 0 aliphatic carbocycles. The van der Waals surface area contributed by atoms with E-state index >= 15 is 0 Å². The third kappa shape index (κ3) is 4.74. The Morgan fingerprint density at radius 2 is 0.632 bits per heavy atom. The van der Waals surface area contributed by atoms with Crippen LogP contribution in [0.2, 0.25) is 0 Å². The van der Waals surface area contributed by atoms with Crippen molar-refractivity contribution in [2.24, 2.45) is 0 Å². The molecule has 0 bridgehead atoms. The highest BCUT2D eigenvalue weighted by atomic mass is 32.1. The summed E-state index contributed by atoms with van der Waals surface area (Å²) in [5.41, 5.74) is 0. The topological polar surface area (TPSA) is 0 Å². The van der Waals surface area contributed by atoms with E-state index in [0.29, 0.717) is 0 Å². The van der Waals surface area contributed by atoms with Crippen molar-refractivity contribution in [2.75, 3.05) is 0 Å². The largest absolute Gasteiger partial charge is 0.140 e. The zero-order valence-electron chi connectivity index (χ0n) is 23.4. The van der Waals surface area contributed by atoms with Crippen LogP contribution < -0.4 is 0 Å². The van der Waals surface area contributed by atoms with Gasteiger partial charge in [-0.3, -0.25) is 0 Å². The van der Waals surface area contributed by atoms with E-state index in [1.165, 1.54) is 98.6 Å². The maximum atomic E-state index is 2.57. The monoisotopic (exact) mass is 576 g/mol. The molecule has 6 rings (SSSR count). The fraction of sp³-hybridized carbons (Fsp3) is 0.471. The summed E-state index contributed by atoms with van der Waals surface area (Å²) >= 11 is 8.38. The van der Waals surface area contributed by atoms with Crippen molar-refractivity contribution in [1.82, 2.24) is 0 Å². The predicted octanol–water partition coefficient (Wildman–Crippen LogP) is 13.1. The molecule has 2 aromatic carbocycles. The molecular weight excluding hydrogens is 537 g/mol. The summed E-state index contributed by atoms with van der Waals surface area (Å²) in [4.78, 5) is 6.29. The van der Waals surface area contributed by atoms with Gasteiger partial charge in [-0.1, -0.05) is 53.4 Å². The van der Waals surface area contributed by atoms with E-state index in [2.05, 4.69) is 97.3 Å². The van der Waals surface area contributed by atoms with E-state index in [0.717, 1.165) is 0 Å². The molecule has 0 unspecified atom stereocenters. The van der Waals surface area contributed by atoms with Crippen LogP contribution in [0.3, 0.4) is 0 Å². The molecule has 200 valence electrons. The average molecular weight is 577 g/mol. The number of benzene rings is 2. The van der Waals surface area contributed by atoms with Gasteiger partial charge >= 0.3 is 0 Å². The molecule has 0 radical (unpaired) electrons. The number of hydrogen-bond acceptors (Lipinski definition) is 4. The Labute approximate surface area is 243 Å². The van der Waals surface area contributed by atoms with Crippen LogP contribution >= 0.6 is 45.3 Å². The highest BCUT2D eigenvalue weighted by Gasteiger charge is 2.22. The Balaban J connectivity index is 1.74. The van der Waals surface area contributed by atoms with Crippen LogP contribution in [0.1, 0.15) is 98.6 Å². The normalized spacial score (nSPS) is 12.4. The number of rotatable bonds is 12. The van der Waals surface area contributed by atoms with E-state index in [1.54, 1.807) is 49.1 Å². The molecule has 0 N–H and O–H groups in total. The zero-order valence-corrected chi connectivity index (χ0v) is 26.7. The van der Waals surface area contributed by atoms with Crippen molar-refractivity contribution in [2.45, 2.75) is 105 Å². The van der Waals surface area contributed by atoms with Gasteiger partial charge in [0.15, 0.2) is 0 Å². The second-order valence-electron chi connectivity index (χ2n) is 11.0. The maximum absolute atomic E-state index is 2.57. The molecule has 4 heteroatoms. The Morgan fingerprint density at radius 1 is 0.395 bits per heavy atom. The maximum Gasteiger partial charge on any atom is 0.0446 e. The van der Waals surface area contributed by atoms with Crippen LogP contribution in [0.5, 0.6) is 0 Å². The lowest BCUT2D eigenvalue weighted by Gasteiger charge is -2.07. The van der Waals surface area contributed by atoms with Gasteiger partial charge in [0.2, 0.25) is 0 Å². The number of aryl methyl sites for hydroxylation is 4. The van der Waals surface area contributed by atoms with Gasteiger partial charge in [0, 0.05) is 70.6 Å². The van der Waals surface area contributed by atoms with Gasteiger partial charge in [0.05, 0.1) is 0 Å². The first-order valence-electron chi connectivity index (χ1n) is 14.9. The van der Waals surface area contributed by atoms with Crippen LogP contribution in [0.4, 0.5) is 0 Å². The van der Waals surface area contributed by atoms with Crippen molar-refractivity contribution < 1.29 is 0 Å². The average Bonchev–Trinajstić information content (AvgIpc) is 3.71. The van der Waals surface area contributed by atoms with Gasteiger partial charge in [-0.15, -0.1) is 45.3 Å². The Hall–Kier alpha value is -1.46. The third-order valence-electron chi connectivity index (χ3n) is 7.98. The van der Waals surface area contributed by atoms with E-state index in [9.17, 15) is 0 Å². The molecule has 0 amide bonds.